The van der Waals surface area contributed by atoms with Crippen molar-refractivity contribution in [2.45, 2.75) is 13.3 Å². The fourth-order valence-corrected chi connectivity index (χ4v) is 2.69. The Morgan fingerprint density at radius 1 is 1.25 bits per heavy atom. The van der Waals surface area contributed by atoms with Gasteiger partial charge in [0.05, 0.1) is 6.61 Å². The summed E-state index contributed by atoms with van der Waals surface area (Å²) in [5, 5.41) is 9.03. The summed E-state index contributed by atoms with van der Waals surface area (Å²) in [4.78, 5) is 9.09. The van der Waals surface area contributed by atoms with Crippen LogP contribution in [0.15, 0.2) is 22.6 Å². The van der Waals surface area contributed by atoms with Gasteiger partial charge in [0.15, 0.2) is 5.58 Å². The second-order valence-corrected chi connectivity index (χ2v) is 5.37. The molecule has 1 saturated heterocycles. The number of oxazole rings is 1. The van der Waals surface area contributed by atoms with Crippen LogP contribution in [0.2, 0.25) is 0 Å². The quantitative estimate of drug-likeness (QED) is 0.923. The molecule has 5 nitrogen and oxygen atoms in total. The van der Waals surface area contributed by atoms with Crippen molar-refractivity contribution in [2.75, 3.05) is 44.2 Å². The van der Waals surface area contributed by atoms with Gasteiger partial charge in [-0.05, 0) is 37.6 Å². The molecule has 1 N–H and O–H groups in total. The van der Waals surface area contributed by atoms with E-state index < -0.39 is 0 Å². The number of aromatic nitrogens is 1. The summed E-state index contributed by atoms with van der Waals surface area (Å²) in [5.74, 6) is 0. The molecule has 0 atom stereocenters. The average Bonchev–Trinajstić information content (AvgIpc) is 2.70. The Balaban J connectivity index is 1.77. The van der Waals surface area contributed by atoms with Crippen molar-refractivity contribution >= 4 is 17.1 Å². The van der Waals surface area contributed by atoms with Crippen LogP contribution in [-0.2, 0) is 0 Å². The molecule has 20 heavy (non-hydrogen) atoms. The third kappa shape index (κ3) is 2.78. The number of rotatable bonds is 3. The van der Waals surface area contributed by atoms with Crippen molar-refractivity contribution in [1.29, 1.82) is 0 Å². The highest BCUT2D eigenvalue weighted by atomic mass is 16.4. The lowest BCUT2D eigenvalue weighted by molar-refractivity contribution is 0.204. The molecule has 1 fully saturated rings. The minimum Gasteiger partial charge on any atom is -0.423 e. The Labute approximate surface area is 118 Å². The lowest BCUT2D eigenvalue weighted by Gasteiger charge is -2.19. The third-order valence-corrected chi connectivity index (χ3v) is 3.81. The fourth-order valence-electron chi connectivity index (χ4n) is 2.69. The molecule has 0 saturated carbocycles. The SMILES string of the molecule is Cc1ccc2oc(N3CCCN(CCO)CC3)nc2c1. The normalized spacial score (nSPS) is 17.6. The van der Waals surface area contributed by atoms with Gasteiger partial charge in [0.25, 0.3) is 6.01 Å². The minimum atomic E-state index is 0.224. The number of aryl methyl sites for hydroxylation is 1. The van der Waals surface area contributed by atoms with E-state index >= 15 is 0 Å². The van der Waals surface area contributed by atoms with E-state index in [1.807, 2.05) is 12.1 Å². The van der Waals surface area contributed by atoms with Gasteiger partial charge in [0.1, 0.15) is 5.52 Å². The fraction of sp³-hybridized carbons (Fsp3) is 0.533. The average molecular weight is 275 g/mol. The number of hydrogen-bond donors (Lipinski definition) is 1. The molecule has 1 aliphatic rings. The van der Waals surface area contributed by atoms with Crippen molar-refractivity contribution < 1.29 is 9.52 Å². The molecule has 0 spiro atoms. The smallest absolute Gasteiger partial charge is 0.298 e. The van der Waals surface area contributed by atoms with Crippen LogP contribution < -0.4 is 4.90 Å². The molecule has 3 rings (SSSR count). The Morgan fingerprint density at radius 3 is 3.00 bits per heavy atom. The van der Waals surface area contributed by atoms with E-state index in [0.717, 1.165) is 56.3 Å². The number of β-amino-alcohol motifs (C(OH)–C–C–N with tert-alkyl or cyclic N) is 1. The van der Waals surface area contributed by atoms with Gasteiger partial charge in [0, 0.05) is 26.2 Å². The van der Waals surface area contributed by atoms with E-state index in [4.69, 9.17) is 9.52 Å². The largest absolute Gasteiger partial charge is 0.423 e. The number of fused-ring (bicyclic) bond motifs is 1. The predicted octanol–water partition coefficient (Wildman–Crippen LogP) is 1.64. The van der Waals surface area contributed by atoms with E-state index in [0.29, 0.717) is 0 Å². The van der Waals surface area contributed by atoms with Crippen LogP contribution >= 0.6 is 0 Å². The summed E-state index contributed by atoms with van der Waals surface area (Å²) < 4.78 is 5.86. The minimum absolute atomic E-state index is 0.224. The first kappa shape index (κ1) is 13.4. The molecule has 2 heterocycles. The van der Waals surface area contributed by atoms with Gasteiger partial charge in [-0.15, -0.1) is 0 Å². The van der Waals surface area contributed by atoms with Crippen molar-refractivity contribution in [1.82, 2.24) is 9.88 Å². The molecule has 1 aromatic carbocycles. The van der Waals surface area contributed by atoms with Gasteiger partial charge in [0.2, 0.25) is 0 Å². The highest BCUT2D eigenvalue weighted by Crippen LogP contribution is 2.23. The van der Waals surface area contributed by atoms with Crippen LogP contribution in [0, 0.1) is 6.92 Å². The van der Waals surface area contributed by atoms with Gasteiger partial charge >= 0.3 is 0 Å². The van der Waals surface area contributed by atoms with Gasteiger partial charge < -0.3 is 14.4 Å². The molecule has 0 amide bonds. The van der Waals surface area contributed by atoms with Crippen LogP contribution in [0.3, 0.4) is 0 Å². The molecule has 0 aliphatic carbocycles. The van der Waals surface area contributed by atoms with Gasteiger partial charge in [-0.3, -0.25) is 4.90 Å². The summed E-state index contributed by atoms with van der Waals surface area (Å²) in [6.07, 6.45) is 1.07. The zero-order chi connectivity index (χ0) is 13.9. The standard InChI is InChI=1S/C15H21N3O2/c1-12-3-4-14-13(11-12)16-15(20-14)18-6-2-5-17(7-8-18)9-10-19/h3-4,11,19H,2,5-10H2,1H3. The Bertz CT molecular complexity index is 582. The first-order valence-corrected chi connectivity index (χ1v) is 7.21. The zero-order valence-corrected chi connectivity index (χ0v) is 11.9. The lowest BCUT2D eigenvalue weighted by atomic mass is 10.2. The molecule has 2 aromatic rings. The van der Waals surface area contributed by atoms with Gasteiger partial charge in [-0.1, -0.05) is 6.07 Å². The summed E-state index contributed by atoms with van der Waals surface area (Å²) in [5.41, 5.74) is 2.97. The van der Waals surface area contributed by atoms with Crippen molar-refractivity contribution in [3.63, 3.8) is 0 Å². The van der Waals surface area contributed by atoms with E-state index in [2.05, 4.69) is 27.8 Å². The van der Waals surface area contributed by atoms with Crippen molar-refractivity contribution in [3.05, 3.63) is 23.8 Å². The van der Waals surface area contributed by atoms with Crippen LogP contribution in [0.4, 0.5) is 6.01 Å². The highest BCUT2D eigenvalue weighted by molar-refractivity contribution is 5.75. The third-order valence-electron chi connectivity index (χ3n) is 3.81. The number of anilines is 1. The first-order valence-electron chi connectivity index (χ1n) is 7.21. The van der Waals surface area contributed by atoms with Crippen LogP contribution in [0.5, 0.6) is 0 Å². The lowest BCUT2D eigenvalue weighted by Crippen LogP contribution is -2.32. The zero-order valence-electron chi connectivity index (χ0n) is 11.9. The molecule has 5 heteroatoms. The predicted molar refractivity (Wildman–Crippen MR) is 79.1 cm³/mol. The summed E-state index contributed by atoms with van der Waals surface area (Å²) in [6, 6.07) is 6.80. The highest BCUT2D eigenvalue weighted by Gasteiger charge is 2.18. The maximum Gasteiger partial charge on any atom is 0.298 e. The molecule has 0 bridgehead atoms. The summed E-state index contributed by atoms with van der Waals surface area (Å²) >= 11 is 0. The number of benzene rings is 1. The monoisotopic (exact) mass is 275 g/mol. The first-order chi connectivity index (χ1) is 9.76. The summed E-state index contributed by atoms with van der Waals surface area (Å²) in [6.45, 7) is 6.85. The van der Waals surface area contributed by atoms with Crippen molar-refractivity contribution in [2.24, 2.45) is 0 Å². The molecular formula is C15H21N3O2. The van der Waals surface area contributed by atoms with Gasteiger partial charge in [-0.2, -0.15) is 4.98 Å². The van der Waals surface area contributed by atoms with E-state index in [1.54, 1.807) is 0 Å². The van der Waals surface area contributed by atoms with E-state index in [1.165, 1.54) is 5.56 Å². The Kier molecular flexibility index (Phi) is 3.89. The van der Waals surface area contributed by atoms with E-state index in [9.17, 15) is 0 Å². The van der Waals surface area contributed by atoms with Crippen molar-refractivity contribution in [3.8, 4) is 0 Å². The number of aliphatic hydroxyl groups excluding tert-OH is 1. The number of nitrogens with zero attached hydrogens (tertiary/aromatic N) is 3. The topological polar surface area (TPSA) is 52.7 Å². The molecule has 0 unspecified atom stereocenters. The van der Waals surface area contributed by atoms with Crippen LogP contribution in [-0.4, -0.2) is 54.3 Å². The Morgan fingerprint density at radius 2 is 2.15 bits per heavy atom. The maximum absolute atomic E-state index is 9.03. The maximum atomic E-state index is 9.03. The Hall–Kier alpha value is -1.59. The molecule has 0 radical (unpaired) electrons. The molecule has 108 valence electrons. The second kappa shape index (κ2) is 5.81. The van der Waals surface area contributed by atoms with Gasteiger partial charge in [-0.25, -0.2) is 0 Å². The molecular weight excluding hydrogens is 254 g/mol. The van der Waals surface area contributed by atoms with Crippen LogP contribution in [0.1, 0.15) is 12.0 Å². The van der Waals surface area contributed by atoms with E-state index in [-0.39, 0.29) is 6.61 Å². The molecule has 1 aliphatic heterocycles. The molecule has 1 aromatic heterocycles. The number of aliphatic hydroxyl groups is 1. The number of hydrogen-bond acceptors (Lipinski definition) is 5. The van der Waals surface area contributed by atoms with Crippen LogP contribution in [0.25, 0.3) is 11.1 Å². The summed E-state index contributed by atoms with van der Waals surface area (Å²) in [7, 11) is 0. The second-order valence-electron chi connectivity index (χ2n) is 5.37.